The zero-order valence-electron chi connectivity index (χ0n) is 21.2. The van der Waals surface area contributed by atoms with Gasteiger partial charge in [-0.15, -0.1) is 0 Å². The molecule has 2 aliphatic heterocycles. The molecule has 0 radical (unpaired) electrons. The standard InChI is InChI=1S/C31H24N2O5S/c1-19-12-15-22(16-13-19)39(35,36)33-28-23-10-6-7-11-26(23)38-29(28)27(20-8-4-3-5-9-20)31(33)24-18-21(37-2)14-17-25(24)32-30(31)34/h3-18,27H,1-2H3,(H,32,34). The molecule has 0 fully saturated rings. The quantitative estimate of drug-likeness (QED) is 0.307. The first-order chi connectivity index (χ1) is 18.9. The largest absolute Gasteiger partial charge is 0.497 e. The second-order valence-electron chi connectivity index (χ2n) is 9.87. The van der Waals surface area contributed by atoms with E-state index in [1.54, 1.807) is 49.6 Å². The van der Waals surface area contributed by atoms with E-state index in [1.165, 1.54) is 4.31 Å². The Labute approximate surface area is 225 Å². The van der Waals surface area contributed by atoms with Gasteiger partial charge >= 0.3 is 0 Å². The van der Waals surface area contributed by atoms with Crippen LogP contribution in [0.3, 0.4) is 0 Å². The Morgan fingerprint density at radius 2 is 1.64 bits per heavy atom. The first-order valence-corrected chi connectivity index (χ1v) is 14.0. The Morgan fingerprint density at radius 1 is 0.923 bits per heavy atom. The van der Waals surface area contributed by atoms with Crippen molar-refractivity contribution in [2.75, 3.05) is 16.7 Å². The third-order valence-corrected chi connectivity index (χ3v) is 9.54. The summed E-state index contributed by atoms with van der Waals surface area (Å²) in [6, 6.07) is 28.7. The molecular weight excluding hydrogens is 512 g/mol. The van der Waals surface area contributed by atoms with E-state index in [0.29, 0.717) is 39.4 Å². The molecule has 1 amide bonds. The predicted octanol–water partition coefficient (Wildman–Crippen LogP) is 5.94. The van der Waals surface area contributed by atoms with Crippen molar-refractivity contribution in [1.82, 2.24) is 0 Å². The third kappa shape index (κ3) is 3.09. The molecule has 39 heavy (non-hydrogen) atoms. The Bertz CT molecular complexity index is 1880. The second-order valence-corrected chi connectivity index (χ2v) is 11.7. The van der Waals surface area contributed by atoms with Crippen LogP contribution in [-0.2, 0) is 20.4 Å². The van der Waals surface area contributed by atoms with Crippen LogP contribution in [0, 0.1) is 6.92 Å². The van der Waals surface area contributed by atoms with E-state index in [0.717, 1.165) is 11.1 Å². The molecule has 0 bridgehead atoms. The highest BCUT2D eigenvalue weighted by atomic mass is 32.2. The number of furan rings is 1. The number of ether oxygens (including phenoxy) is 1. The molecule has 7 nitrogen and oxygen atoms in total. The van der Waals surface area contributed by atoms with E-state index in [1.807, 2.05) is 61.5 Å². The van der Waals surface area contributed by atoms with E-state index >= 15 is 0 Å². The summed E-state index contributed by atoms with van der Waals surface area (Å²) in [4.78, 5) is 14.5. The molecule has 1 N–H and O–H groups in total. The molecule has 0 saturated carbocycles. The molecule has 8 heteroatoms. The number of rotatable bonds is 4. The van der Waals surface area contributed by atoms with Gasteiger partial charge in [-0.3, -0.25) is 4.79 Å². The molecule has 194 valence electrons. The van der Waals surface area contributed by atoms with Crippen molar-refractivity contribution in [2.45, 2.75) is 23.3 Å². The van der Waals surface area contributed by atoms with Crippen LogP contribution in [0.25, 0.3) is 11.0 Å². The van der Waals surface area contributed by atoms with Gasteiger partial charge in [0.1, 0.15) is 22.8 Å². The summed E-state index contributed by atoms with van der Waals surface area (Å²) in [7, 11) is -2.74. The number of methoxy groups -OCH3 is 1. The second kappa shape index (κ2) is 8.22. The molecule has 7 rings (SSSR count). The maximum atomic E-state index is 14.8. The number of hydrogen-bond acceptors (Lipinski definition) is 5. The molecule has 2 unspecified atom stereocenters. The summed E-state index contributed by atoms with van der Waals surface area (Å²) < 4.78 is 42.8. The monoisotopic (exact) mass is 536 g/mol. The van der Waals surface area contributed by atoms with E-state index in [9.17, 15) is 13.2 Å². The Hall–Kier alpha value is -4.56. The van der Waals surface area contributed by atoms with Crippen LogP contribution in [-0.4, -0.2) is 21.4 Å². The Morgan fingerprint density at radius 3 is 2.38 bits per heavy atom. The molecular formula is C31H24N2O5S. The number of nitrogens with one attached hydrogen (secondary N) is 1. The zero-order valence-corrected chi connectivity index (χ0v) is 22.0. The van der Waals surface area contributed by atoms with Gasteiger partial charge in [-0.2, -0.15) is 0 Å². The number of aryl methyl sites for hydroxylation is 1. The number of carbonyl (C=O) groups excluding carboxylic acids is 1. The van der Waals surface area contributed by atoms with Gasteiger partial charge in [0.2, 0.25) is 0 Å². The van der Waals surface area contributed by atoms with Gasteiger partial charge in [-0.05, 0) is 55.0 Å². The molecule has 4 aromatic carbocycles. The number of carbonyl (C=O) groups is 1. The lowest BCUT2D eigenvalue weighted by Gasteiger charge is -2.38. The van der Waals surface area contributed by atoms with Crippen molar-refractivity contribution in [3.63, 3.8) is 0 Å². The highest BCUT2D eigenvalue weighted by molar-refractivity contribution is 7.93. The first-order valence-electron chi connectivity index (χ1n) is 12.6. The Balaban J connectivity index is 1.64. The Kier molecular flexibility index (Phi) is 4.96. The number of hydrogen-bond donors (Lipinski definition) is 1. The highest BCUT2D eigenvalue weighted by Crippen LogP contribution is 2.64. The SMILES string of the molecule is COc1ccc2c(c1)C1(C(=O)N2)C(c2ccccc2)c2oc3ccccc3c2N1S(=O)(=O)c1ccc(C)cc1. The van der Waals surface area contributed by atoms with Gasteiger partial charge in [0, 0.05) is 16.6 Å². The number of para-hydroxylation sites is 1. The normalized spacial score (nSPS) is 19.8. The number of anilines is 2. The average Bonchev–Trinajstić information content (AvgIpc) is 3.56. The minimum absolute atomic E-state index is 0.0848. The smallest absolute Gasteiger partial charge is 0.265 e. The molecule has 0 aliphatic carbocycles. The summed E-state index contributed by atoms with van der Waals surface area (Å²) in [5.41, 5.74) is 1.93. The zero-order chi connectivity index (χ0) is 26.9. The van der Waals surface area contributed by atoms with Crippen LogP contribution in [0.2, 0.25) is 0 Å². The van der Waals surface area contributed by atoms with Crippen molar-refractivity contribution < 1.29 is 22.4 Å². The van der Waals surface area contributed by atoms with Gasteiger partial charge in [0.15, 0.2) is 5.54 Å². The number of sulfonamides is 1. The fourth-order valence-corrected chi connectivity index (χ4v) is 7.79. The fourth-order valence-electron chi connectivity index (χ4n) is 6.01. The minimum Gasteiger partial charge on any atom is -0.497 e. The van der Waals surface area contributed by atoms with Crippen molar-refractivity contribution in [3.05, 3.63) is 120 Å². The molecule has 5 aromatic rings. The van der Waals surface area contributed by atoms with Crippen molar-refractivity contribution >= 4 is 38.3 Å². The van der Waals surface area contributed by atoms with E-state index in [-0.39, 0.29) is 4.90 Å². The fraction of sp³-hybridized carbons (Fsp3) is 0.129. The number of nitrogens with zero attached hydrogens (tertiary/aromatic N) is 1. The van der Waals surface area contributed by atoms with E-state index in [2.05, 4.69) is 5.32 Å². The van der Waals surface area contributed by atoms with Gasteiger partial charge in [-0.25, -0.2) is 12.7 Å². The maximum absolute atomic E-state index is 14.8. The van der Waals surface area contributed by atoms with E-state index < -0.39 is 27.4 Å². The highest BCUT2D eigenvalue weighted by Gasteiger charge is 2.67. The topological polar surface area (TPSA) is 88.8 Å². The van der Waals surface area contributed by atoms with Crippen LogP contribution < -0.4 is 14.4 Å². The van der Waals surface area contributed by atoms with Crippen molar-refractivity contribution in [2.24, 2.45) is 0 Å². The van der Waals surface area contributed by atoms with Gasteiger partial charge in [-0.1, -0.05) is 60.2 Å². The lowest BCUT2D eigenvalue weighted by molar-refractivity contribution is -0.120. The summed E-state index contributed by atoms with van der Waals surface area (Å²) in [6.45, 7) is 1.90. The van der Waals surface area contributed by atoms with Gasteiger partial charge in [0.05, 0.1) is 17.9 Å². The maximum Gasteiger partial charge on any atom is 0.265 e. The van der Waals surface area contributed by atoms with Crippen LogP contribution in [0.15, 0.2) is 106 Å². The number of amides is 1. The lowest BCUT2D eigenvalue weighted by Crippen LogP contribution is -2.54. The van der Waals surface area contributed by atoms with Crippen molar-refractivity contribution in [3.8, 4) is 5.75 Å². The summed E-state index contributed by atoms with van der Waals surface area (Å²) in [5.74, 6) is -0.290. The molecule has 1 aromatic heterocycles. The molecule has 0 saturated heterocycles. The number of fused-ring (bicyclic) bond motifs is 5. The molecule has 2 aliphatic rings. The van der Waals surface area contributed by atoms with Crippen LogP contribution in [0.5, 0.6) is 5.75 Å². The van der Waals surface area contributed by atoms with Crippen LogP contribution in [0.4, 0.5) is 11.4 Å². The third-order valence-electron chi connectivity index (χ3n) is 7.72. The molecule has 2 atom stereocenters. The van der Waals surface area contributed by atoms with Gasteiger partial charge in [0.25, 0.3) is 15.9 Å². The van der Waals surface area contributed by atoms with Crippen LogP contribution in [0.1, 0.15) is 28.4 Å². The minimum atomic E-state index is -4.29. The average molecular weight is 537 g/mol. The van der Waals surface area contributed by atoms with Crippen molar-refractivity contribution in [1.29, 1.82) is 0 Å². The summed E-state index contributed by atoms with van der Waals surface area (Å²) in [5, 5.41) is 3.59. The molecule has 1 spiro atoms. The van der Waals surface area contributed by atoms with Crippen LogP contribution >= 0.6 is 0 Å². The molecule has 3 heterocycles. The summed E-state index contributed by atoms with van der Waals surface area (Å²) >= 11 is 0. The van der Waals surface area contributed by atoms with Gasteiger partial charge < -0.3 is 14.5 Å². The lowest BCUT2D eigenvalue weighted by atomic mass is 9.76. The van der Waals surface area contributed by atoms with E-state index in [4.69, 9.17) is 9.15 Å². The predicted molar refractivity (Wildman–Crippen MR) is 149 cm³/mol. The first kappa shape index (κ1) is 23.5. The number of benzene rings is 4. The summed E-state index contributed by atoms with van der Waals surface area (Å²) in [6.07, 6.45) is 0.